The van der Waals surface area contributed by atoms with Crippen LogP contribution < -0.4 is 5.32 Å². The van der Waals surface area contributed by atoms with Gasteiger partial charge in [-0.3, -0.25) is 4.79 Å². The Morgan fingerprint density at radius 1 is 1.05 bits per heavy atom. The molecule has 0 aliphatic heterocycles. The number of rotatable bonds is 4. The van der Waals surface area contributed by atoms with Crippen molar-refractivity contribution in [3.8, 4) is 0 Å². The van der Waals surface area contributed by atoms with Crippen LogP contribution in [0, 0.1) is 5.82 Å². The number of carboxylic acids is 1. The van der Waals surface area contributed by atoms with Crippen molar-refractivity contribution in [3.63, 3.8) is 0 Å². The fraction of sp³-hybridized carbons (Fsp3) is 0.0667. The van der Waals surface area contributed by atoms with Gasteiger partial charge in [0.05, 0.1) is 11.3 Å². The first-order chi connectivity index (χ1) is 10.0. The van der Waals surface area contributed by atoms with E-state index in [1.807, 2.05) is 0 Å². The largest absolute Gasteiger partial charge is 0.478 e. The molecule has 0 radical (unpaired) electrons. The standard InChI is InChI=1S/C15H12FNO4/c16-11-8-4-7-10(15(20)21)12(11)17-14(19)13(18)9-5-2-1-3-6-9/h1-8,13,18H,(H,17,19)(H,20,21). The highest BCUT2D eigenvalue weighted by Crippen LogP contribution is 2.22. The van der Waals surface area contributed by atoms with E-state index in [0.717, 1.165) is 12.1 Å². The molecule has 1 amide bonds. The number of benzene rings is 2. The first kappa shape index (κ1) is 14.7. The predicted molar refractivity (Wildman–Crippen MR) is 73.4 cm³/mol. The number of amides is 1. The molecule has 0 heterocycles. The molecule has 1 unspecified atom stereocenters. The van der Waals surface area contributed by atoms with Crippen LogP contribution in [-0.4, -0.2) is 22.1 Å². The van der Waals surface area contributed by atoms with Gasteiger partial charge in [0, 0.05) is 0 Å². The fourth-order valence-electron chi connectivity index (χ4n) is 1.81. The molecule has 2 rings (SSSR count). The highest BCUT2D eigenvalue weighted by atomic mass is 19.1. The molecule has 6 heteroatoms. The number of carbonyl (C=O) groups is 2. The monoisotopic (exact) mass is 289 g/mol. The molecule has 3 N–H and O–H groups in total. The van der Waals surface area contributed by atoms with E-state index >= 15 is 0 Å². The molecule has 0 saturated carbocycles. The van der Waals surface area contributed by atoms with Gasteiger partial charge in [0.25, 0.3) is 5.91 Å². The van der Waals surface area contributed by atoms with E-state index in [1.54, 1.807) is 18.2 Å². The molecule has 2 aromatic rings. The third kappa shape index (κ3) is 3.24. The molecule has 0 bridgehead atoms. The third-order valence-electron chi connectivity index (χ3n) is 2.86. The van der Waals surface area contributed by atoms with Crippen LogP contribution in [0.25, 0.3) is 0 Å². The quantitative estimate of drug-likeness (QED) is 0.805. The Balaban J connectivity index is 2.26. The van der Waals surface area contributed by atoms with Gasteiger partial charge in [-0.1, -0.05) is 36.4 Å². The van der Waals surface area contributed by atoms with E-state index in [1.165, 1.54) is 18.2 Å². The lowest BCUT2D eigenvalue weighted by Crippen LogP contribution is -2.22. The molecule has 0 aliphatic carbocycles. The number of nitrogens with one attached hydrogen (secondary N) is 1. The summed E-state index contributed by atoms with van der Waals surface area (Å²) in [6.45, 7) is 0. The minimum absolute atomic E-state index is 0.322. The average molecular weight is 289 g/mol. The van der Waals surface area contributed by atoms with Gasteiger partial charge in [-0.2, -0.15) is 0 Å². The molecular formula is C15H12FNO4. The zero-order chi connectivity index (χ0) is 15.4. The molecule has 0 saturated heterocycles. The summed E-state index contributed by atoms with van der Waals surface area (Å²) in [5, 5.41) is 21.0. The summed E-state index contributed by atoms with van der Waals surface area (Å²) < 4.78 is 13.7. The Morgan fingerprint density at radius 2 is 1.71 bits per heavy atom. The number of hydrogen-bond acceptors (Lipinski definition) is 3. The van der Waals surface area contributed by atoms with Gasteiger partial charge in [0.1, 0.15) is 5.82 Å². The van der Waals surface area contributed by atoms with E-state index < -0.39 is 29.5 Å². The molecular weight excluding hydrogens is 277 g/mol. The van der Waals surface area contributed by atoms with Crippen molar-refractivity contribution in [1.29, 1.82) is 0 Å². The lowest BCUT2D eigenvalue weighted by molar-refractivity contribution is -0.124. The van der Waals surface area contributed by atoms with Crippen LogP contribution in [0.3, 0.4) is 0 Å². The number of halogens is 1. The van der Waals surface area contributed by atoms with Gasteiger partial charge in [-0.15, -0.1) is 0 Å². The van der Waals surface area contributed by atoms with Crippen LogP contribution >= 0.6 is 0 Å². The second-order valence-corrected chi connectivity index (χ2v) is 4.27. The van der Waals surface area contributed by atoms with Gasteiger partial charge in [-0.05, 0) is 17.7 Å². The molecule has 0 aromatic heterocycles. The number of aromatic carboxylic acids is 1. The zero-order valence-corrected chi connectivity index (χ0v) is 10.8. The van der Waals surface area contributed by atoms with Crippen molar-refractivity contribution in [2.24, 2.45) is 0 Å². The van der Waals surface area contributed by atoms with Crippen molar-refractivity contribution in [2.75, 3.05) is 5.32 Å². The van der Waals surface area contributed by atoms with Gasteiger partial charge >= 0.3 is 5.97 Å². The van der Waals surface area contributed by atoms with Crippen LogP contribution in [0.4, 0.5) is 10.1 Å². The minimum Gasteiger partial charge on any atom is -0.478 e. The summed E-state index contributed by atoms with van der Waals surface area (Å²) in [7, 11) is 0. The summed E-state index contributed by atoms with van der Waals surface area (Å²) in [5.41, 5.74) is -0.531. The van der Waals surface area contributed by atoms with E-state index in [2.05, 4.69) is 5.32 Å². The first-order valence-corrected chi connectivity index (χ1v) is 6.06. The van der Waals surface area contributed by atoms with Crippen molar-refractivity contribution in [1.82, 2.24) is 0 Å². The van der Waals surface area contributed by atoms with E-state index in [4.69, 9.17) is 5.11 Å². The highest BCUT2D eigenvalue weighted by Gasteiger charge is 2.21. The molecule has 2 aromatic carbocycles. The number of hydrogen-bond donors (Lipinski definition) is 3. The summed E-state index contributed by atoms with van der Waals surface area (Å²) in [5.74, 6) is -3.17. The lowest BCUT2D eigenvalue weighted by atomic mass is 10.1. The number of aliphatic hydroxyl groups is 1. The maximum atomic E-state index is 13.7. The Morgan fingerprint density at radius 3 is 2.33 bits per heavy atom. The Labute approximate surface area is 119 Å². The molecule has 1 atom stereocenters. The van der Waals surface area contributed by atoms with Crippen molar-refractivity contribution >= 4 is 17.6 Å². The highest BCUT2D eigenvalue weighted by molar-refractivity contribution is 6.02. The van der Waals surface area contributed by atoms with E-state index in [0.29, 0.717) is 5.56 Å². The molecule has 108 valence electrons. The van der Waals surface area contributed by atoms with Gasteiger partial charge in [0.15, 0.2) is 6.10 Å². The number of aliphatic hydroxyl groups excluding tert-OH is 1. The van der Waals surface area contributed by atoms with E-state index in [-0.39, 0.29) is 5.56 Å². The smallest absolute Gasteiger partial charge is 0.337 e. The Hall–Kier alpha value is -2.73. The number of para-hydroxylation sites is 1. The fourth-order valence-corrected chi connectivity index (χ4v) is 1.81. The van der Waals surface area contributed by atoms with Crippen molar-refractivity contribution in [3.05, 3.63) is 65.5 Å². The summed E-state index contributed by atoms with van der Waals surface area (Å²) >= 11 is 0. The number of carboxylic acid groups (broad SMARTS) is 1. The Bertz CT molecular complexity index is 673. The predicted octanol–water partition coefficient (Wildman–Crippen LogP) is 2.20. The van der Waals surface area contributed by atoms with Crippen LogP contribution in [-0.2, 0) is 4.79 Å². The van der Waals surface area contributed by atoms with E-state index in [9.17, 15) is 19.1 Å². The maximum Gasteiger partial charge on any atom is 0.337 e. The summed E-state index contributed by atoms with van der Waals surface area (Å²) in [6.07, 6.45) is -1.52. The molecule has 5 nitrogen and oxygen atoms in total. The summed E-state index contributed by atoms with van der Waals surface area (Å²) in [6, 6.07) is 11.5. The first-order valence-electron chi connectivity index (χ1n) is 6.06. The Kier molecular flexibility index (Phi) is 4.30. The van der Waals surface area contributed by atoms with Gasteiger partial charge < -0.3 is 15.5 Å². The lowest BCUT2D eigenvalue weighted by Gasteiger charge is -2.13. The second kappa shape index (κ2) is 6.15. The SMILES string of the molecule is O=C(O)c1cccc(F)c1NC(=O)C(O)c1ccccc1. The van der Waals surface area contributed by atoms with Crippen LogP contribution in [0.1, 0.15) is 22.0 Å². The van der Waals surface area contributed by atoms with Crippen molar-refractivity contribution in [2.45, 2.75) is 6.10 Å². The molecule has 21 heavy (non-hydrogen) atoms. The summed E-state index contributed by atoms with van der Waals surface area (Å²) in [4.78, 5) is 22.9. The molecule has 0 spiro atoms. The second-order valence-electron chi connectivity index (χ2n) is 4.27. The topological polar surface area (TPSA) is 86.6 Å². The van der Waals surface area contributed by atoms with Crippen LogP contribution in [0.2, 0.25) is 0 Å². The third-order valence-corrected chi connectivity index (χ3v) is 2.86. The van der Waals surface area contributed by atoms with Crippen molar-refractivity contribution < 1.29 is 24.2 Å². The normalized spacial score (nSPS) is 11.7. The zero-order valence-electron chi connectivity index (χ0n) is 10.8. The number of carbonyl (C=O) groups excluding carboxylic acids is 1. The maximum absolute atomic E-state index is 13.7. The number of anilines is 1. The van der Waals surface area contributed by atoms with Gasteiger partial charge in [0.2, 0.25) is 0 Å². The van der Waals surface area contributed by atoms with Crippen LogP contribution in [0.15, 0.2) is 48.5 Å². The average Bonchev–Trinajstić information content (AvgIpc) is 2.49. The van der Waals surface area contributed by atoms with Crippen LogP contribution in [0.5, 0.6) is 0 Å². The molecule has 0 aliphatic rings. The minimum atomic E-state index is -1.52. The molecule has 0 fully saturated rings. The van der Waals surface area contributed by atoms with Gasteiger partial charge in [-0.25, -0.2) is 9.18 Å².